The van der Waals surface area contributed by atoms with Gasteiger partial charge < -0.3 is 10.1 Å². The topological polar surface area (TPSA) is 72.0 Å². The molecular formula is C21H37N2O3S+. The van der Waals surface area contributed by atoms with Crippen LogP contribution in [0.1, 0.15) is 78.4 Å². The number of nitrogens with one attached hydrogen (secondary N) is 1. The predicted molar refractivity (Wildman–Crippen MR) is 110 cm³/mol. The zero-order valence-electron chi connectivity index (χ0n) is 18.1. The summed E-state index contributed by atoms with van der Waals surface area (Å²) in [7, 11) is -3.60. The Bertz CT molecular complexity index is 767. The minimum atomic E-state index is -3.60. The first-order valence-electron chi connectivity index (χ1n) is 9.93. The number of sulfonamides is 1. The Morgan fingerprint density at radius 1 is 1.19 bits per heavy atom. The van der Waals surface area contributed by atoms with E-state index in [2.05, 4.69) is 51.6 Å². The van der Waals surface area contributed by atoms with Crippen LogP contribution in [0.15, 0.2) is 17.0 Å². The maximum atomic E-state index is 13.2. The molecule has 0 spiro atoms. The van der Waals surface area contributed by atoms with E-state index in [1.54, 1.807) is 6.07 Å². The zero-order valence-corrected chi connectivity index (χ0v) is 19.0. The zero-order chi connectivity index (χ0) is 20.6. The van der Waals surface area contributed by atoms with E-state index in [4.69, 9.17) is 4.74 Å². The maximum absolute atomic E-state index is 13.2. The fraction of sp³-hybridized carbons (Fsp3) is 0.714. The third kappa shape index (κ3) is 5.46. The van der Waals surface area contributed by atoms with Crippen molar-refractivity contribution in [1.82, 2.24) is 4.72 Å². The van der Waals surface area contributed by atoms with E-state index in [9.17, 15) is 8.42 Å². The first-order chi connectivity index (χ1) is 12.3. The van der Waals surface area contributed by atoms with Crippen molar-refractivity contribution in [3.8, 4) is 5.75 Å². The quantitative estimate of drug-likeness (QED) is 0.775. The van der Waals surface area contributed by atoms with Crippen molar-refractivity contribution in [2.24, 2.45) is 0 Å². The number of aryl methyl sites for hydroxylation is 1. The van der Waals surface area contributed by atoms with Crippen molar-refractivity contribution < 1.29 is 18.5 Å². The van der Waals surface area contributed by atoms with E-state index in [-0.39, 0.29) is 23.0 Å². The molecule has 1 saturated heterocycles. The van der Waals surface area contributed by atoms with Crippen LogP contribution >= 0.6 is 0 Å². The van der Waals surface area contributed by atoms with Crippen LogP contribution < -0.4 is 14.8 Å². The monoisotopic (exact) mass is 397 g/mol. The smallest absolute Gasteiger partial charge is 0.241 e. The molecule has 1 aliphatic rings. The Hall–Kier alpha value is -1.11. The average molecular weight is 398 g/mol. The van der Waals surface area contributed by atoms with Gasteiger partial charge in [-0.2, -0.15) is 0 Å². The van der Waals surface area contributed by atoms with Crippen LogP contribution in [0.5, 0.6) is 5.75 Å². The highest BCUT2D eigenvalue weighted by atomic mass is 32.2. The van der Waals surface area contributed by atoms with Gasteiger partial charge in [-0.15, -0.1) is 0 Å². The third-order valence-corrected chi connectivity index (χ3v) is 6.83. The molecule has 0 amide bonds. The molecule has 154 valence electrons. The van der Waals surface area contributed by atoms with E-state index in [0.717, 1.165) is 29.7 Å². The van der Waals surface area contributed by atoms with Crippen molar-refractivity contribution in [1.29, 1.82) is 0 Å². The Labute approximate surface area is 165 Å². The average Bonchev–Trinajstić information content (AvgIpc) is 2.42. The highest BCUT2D eigenvalue weighted by molar-refractivity contribution is 7.89. The second kappa shape index (κ2) is 7.72. The second-order valence-corrected chi connectivity index (χ2v) is 11.3. The SMILES string of the molecule is CCOc1cc(C)c(S(=O)(=O)NC2CC(C)(C)[NH2+]C(C)(C)C2)cc1C(C)C. The molecule has 6 heteroatoms. The van der Waals surface area contributed by atoms with Crippen molar-refractivity contribution in [3.05, 3.63) is 23.3 Å². The molecule has 0 saturated carbocycles. The van der Waals surface area contributed by atoms with E-state index in [1.807, 2.05) is 19.9 Å². The van der Waals surface area contributed by atoms with Gasteiger partial charge in [-0.1, -0.05) is 13.8 Å². The van der Waals surface area contributed by atoms with Crippen LogP contribution in [-0.2, 0) is 10.0 Å². The molecule has 1 fully saturated rings. The van der Waals surface area contributed by atoms with Gasteiger partial charge in [0.2, 0.25) is 10.0 Å². The molecule has 2 rings (SSSR count). The van der Waals surface area contributed by atoms with E-state index >= 15 is 0 Å². The lowest BCUT2D eigenvalue weighted by Gasteiger charge is -2.43. The summed E-state index contributed by atoms with van der Waals surface area (Å²) in [4.78, 5) is 0.361. The Balaban J connectivity index is 2.37. The molecule has 0 atom stereocenters. The molecule has 1 aromatic rings. The molecular weight excluding hydrogens is 360 g/mol. The largest absolute Gasteiger partial charge is 0.494 e. The number of nitrogens with two attached hydrogens (primary N) is 1. The minimum Gasteiger partial charge on any atom is -0.494 e. The standard InChI is InChI=1S/C21H36N2O3S/c1-9-26-18-10-15(4)19(11-17(18)14(2)3)27(24,25)22-16-12-20(5,6)23-21(7,8)13-16/h10-11,14,16,22-23H,9,12-13H2,1-8H3/p+1. The maximum Gasteiger partial charge on any atom is 0.241 e. The number of rotatable bonds is 6. The number of hydrogen-bond acceptors (Lipinski definition) is 3. The van der Waals surface area contributed by atoms with Crippen molar-refractivity contribution in [3.63, 3.8) is 0 Å². The summed E-state index contributed by atoms with van der Waals surface area (Å²) in [5.41, 5.74) is 1.66. The number of ether oxygens (including phenoxy) is 1. The normalized spacial score (nSPS) is 20.0. The molecule has 0 aromatic heterocycles. The fourth-order valence-corrected chi connectivity index (χ4v) is 6.08. The molecule has 0 unspecified atom stereocenters. The van der Waals surface area contributed by atoms with Gasteiger partial charge in [0, 0.05) is 18.9 Å². The van der Waals surface area contributed by atoms with Crippen LogP contribution in [-0.4, -0.2) is 32.1 Å². The first-order valence-corrected chi connectivity index (χ1v) is 11.4. The van der Waals surface area contributed by atoms with Crippen LogP contribution in [0.4, 0.5) is 0 Å². The molecule has 1 heterocycles. The number of piperidine rings is 1. The number of benzene rings is 1. The molecule has 0 bridgehead atoms. The second-order valence-electron chi connectivity index (χ2n) is 9.59. The minimum absolute atomic E-state index is 0.00585. The number of quaternary nitrogens is 1. The van der Waals surface area contributed by atoms with Crippen molar-refractivity contribution in [2.75, 3.05) is 6.61 Å². The van der Waals surface area contributed by atoms with Gasteiger partial charge in [0.15, 0.2) is 0 Å². The summed E-state index contributed by atoms with van der Waals surface area (Å²) < 4.78 is 35.2. The van der Waals surface area contributed by atoms with Gasteiger partial charge in [0.1, 0.15) is 5.75 Å². The summed E-state index contributed by atoms with van der Waals surface area (Å²) in [6, 6.07) is 3.58. The van der Waals surface area contributed by atoms with E-state index < -0.39 is 10.0 Å². The highest BCUT2D eigenvalue weighted by Crippen LogP contribution is 2.32. The van der Waals surface area contributed by atoms with Gasteiger partial charge in [0.05, 0.1) is 22.6 Å². The molecule has 5 nitrogen and oxygen atoms in total. The molecule has 0 radical (unpaired) electrons. The molecule has 3 N–H and O–H groups in total. The van der Waals surface area contributed by atoms with E-state index in [0.29, 0.717) is 11.5 Å². The molecule has 1 aliphatic heterocycles. The lowest BCUT2D eigenvalue weighted by molar-refractivity contribution is -0.787. The molecule has 1 aromatic carbocycles. The van der Waals surface area contributed by atoms with Crippen LogP contribution in [0.3, 0.4) is 0 Å². The summed E-state index contributed by atoms with van der Waals surface area (Å²) >= 11 is 0. The lowest BCUT2D eigenvalue weighted by atomic mass is 9.80. The lowest BCUT2D eigenvalue weighted by Crippen LogP contribution is -3.06. The van der Waals surface area contributed by atoms with Gasteiger partial charge in [-0.3, -0.25) is 0 Å². The van der Waals surface area contributed by atoms with Crippen LogP contribution in [0, 0.1) is 6.92 Å². The summed E-state index contributed by atoms with van der Waals surface area (Å²) in [6.07, 6.45) is 1.62. The van der Waals surface area contributed by atoms with Crippen molar-refractivity contribution >= 4 is 10.0 Å². The predicted octanol–water partition coefficient (Wildman–Crippen LogP) is 3.08. The van der Waals surface area contributed by atoms with E-state index in [1.165, 1.54) is 0 Å². The van der Waals surface area contributed by atoms with Crippen LogP contribution in [0.25, 0.3) is 0 Å². The van der Waals surface area contributed by atoms with Gasteiger partial charge in [-0.25, -0.2) is 13.1 Å². The Morgan fingerprint density at radius 3 is 2.22 bits per heavy atom. The van der Waals surface area contributed by atoms with Gasteiger partial charge >= 0.3 is 0 Å². The summed E-state index contributed by atoms with van der Waals surface area (Å²) in [5.74, 6) is 0.960. The number of hydrogen-bond donors (Lipinski definition) is 2. The first kappa shape index (κ1) is 22.2. The van der Waals surface area contributed by atoms with Gasteiger partial charge in [-0.05, 0) is 70.7 Å². The van der Waals surface area contributed by atoms with Crippen molar-refractivity contribution in [2.45, 2.75) is 96.2 Å². The molecule has 27 heavy (non-hydrogen) atoms. The Morgan fingerprint density at radius 2 is 1.74 bits per heavy atom. The Kier molecular flexibility index (Phi) is 6.34. The summed E-state index contributed by atoms with van der Waals surface area (Å²) in [5, 5.41) is 2.35. The fourth-order valence-electron chi connectivity index (χ4n) is 4.58. The van der Waals surface area contributed by atoms with Gasteiger partial charge in [0.25, 0.3) is 0 Å². The summed E-state index contributed by atoms with van der Waals surface area (Å²) in [6.45, 7) is 17.1. The van der Waals surface area contributed by atoms with Crippen LogP contribution in [0.2, 0.25) is 0 Å². The molecule has 0 aliphatic carbocycles. The third-order valence-electron chi connectivity index (χ3n) is 5.17. The highest BCUT2D eigenvalue weighted by Gasteiger charge is 2.43.